The van der Waals surface area contributed by atoms with Crippen LogP contribution in [0.1, 0.15) is 22.6 Å². The summed E-state index contributed by atoms with van der Waals surface area (Å²) in [7, 11) is 0. The Hall–Kier alpha value is -2.96. The summed E-state index contributed by atoms with van der Waals surface area (Å²) in [6.07, 6.45) is 0.389. The highest BCUT2D eigenvalue weighted by Gasteiger charge is 2.33. The van der Waals surface area contributed by atoms with Gasteiger partial charge in [0.1, 0.15) is 0 Å². The first-order valence-corrected chi connectivity index (χ1v) is 7.66. The molecule has 0 radical (unpaired) electrons. The second-order valence-electron chi connectivity index (χ2n) is 5.82. The number of aromatic nitrogens is 2. The molecule has 2 heterocycles. The molecule has 1 aliphatic heterocycles. The summed E-state index contributed by atoms with van der Waals surface area (Å²) in [5.74, 6) is -2.03. The lowest BCUT2D eigenvalue weighted by atomic mass is 10.1. The van der Waals surface area contributed by atoms with Gasteiger partial charge in [0.2, 0.25) is 5.43 Å². The van der Waals surface area contributed by atoms with E-state index in [2.05, 4.69) is 5.10 Å². The highest BCUT2D eigenvalue weighted by Crippen LogP contribution is 2.18. The Balaban J connectivity index is 1.95. The van der Waals surface area contributed by atoms with E-state index in [9.17, 15) is 14.4 Å². The highest BCUT2D eigenvalue weighted by molar-refractivity contribution is 5.92. The van der Waals surface area contributed by atoms with Crippen LogP contribution in [0.2, 0.25) is 0 Å². The Bertz CT molecular complexity index is 845. The summed E-state index contributed by atoms with van der Waals surface area (Å²) in [6.45, 7) is 2.16. The minimum Gasteiger partial charge on any atom is -0.481 e. The van der Waals surface area contributed by atoms with Crippen LogP contribution in [0.15, 0.2) is 41.2 Å². The van der Waals surface area contributed by atoms with Gasteiger partial charge in [0.15, 0.2) is 5.69 Å². The number of carbonyl (C=O) groups excluding carboxylic acids is 1. The van der Waals surface area contributed by atoms with Gasteiger partial charge in [-0.3, -0.25) is 14.4 Å². The maximum absolute atomic E-state index is 12.6. The third-order valence-corrected chi connectivity index (χ3v) is 4.14. The van der Waals surface area contributed by atoms with Crippen molar-refractivity contribution in [3.05, 3.63) is 58.0 Å². The number of aliphatic carboxylic acids is 1. The lowest BCUT2D eigenvalue weighted by Crippen LogP contribution is -2.35. The largest absolute Gasteiger partial charge is 0.481 e. The topological polar surface area (TPSA) is 92.5 Å². The number of hydrogen-bond acceptors (Lipinski definition) is 4. The number of likely N-dealkylation sites (tertiary alicyclic amines) is 1. The van der Waals surface area contributed by atoms with Crippen molar-refractivity contribution in [2.24, 2.45) is 5.92 Å². The van der Waals surface area contributed by atoms with Gasteiger partial charge in [-0.05, 0) is 25.5 Å². The summed E-state index contributed by atoms with van der Waals surface area (Å²) < 4.78 is 1.54. The summed E-state index contributed by atoms with van der Waals surface area (Å²) >= 11 is 0. The van der Waals surface area contributed by atoms with Crippen LogP contribution in [0.3, 0.4) is 0 Å². The van der Waals surface area contributed by atoms with Crippen LogP contribution in [0.25, 0.3) is 5.69 Å². The predicted octanol–water partition coefficient (Wildman–Crippen LogP) is 1.09. The monoisotopic (exact) mass is 327 g/mol. The Morgan fingerprint density at radius 3 is 2.58 bits per heavy atom. The number of carboxylic acids is 1. The molecule has 0 bridgehead atoms. The van der Waals surface area contributed by atoms with E-state index in [1.807, 2.05) is 30.3 Å². The summed E-state index contributed by atoms with van der Waals surface area (Å²) in [4.78, 5) is 37.2. The molecule has 1 aromatic carbocycles. The first kappa shape index (κ1) is 15.9. The number of benzene rings is 1. The van der Waals surface area contributed by atoms with E-state index in [-0.39, 0.29) is 12.2 Å². The van der Waals surface area contributed by atoms with E-state index in [1.54, 1.807) is 11.6 Å². The van der Waals surface area contributed by atoms with Crippen molar-refractivity contribution in [3.8, 4) is 5.69 Å². The lowest BCUT2D eigenvalue weighted by molar-refractivity contribution is -0.141. The summed E-state index contributed by atoms with van der Waals surface area (Å²) in [5.41, 5.74) is 0.723. The third-order valence-electron chi connectivity index (χ3n) is 4.14. The Labute approximate surface area is 138 Å². The van der Waals surface area contributed by atoms with Gasteiger partial charge in [0.05, 0.1) is 11.6 Å². The molecule has 3 rings (SSSR count). The third kappa shape index (κ3) is 2.92. The van der Waals surface area contributed by atoms with Gasteiger partial charge in [-0.1, -0.05) is 18.2 Å². The molecule has 1 amide bonds. The van der Waals surface area contributed by atoms with Crippen LogP contribution in [-0.2, 0) is 4.79 Å². The van der Waals surface area contributed by atoms with E-state index in [0.717, 1.165) is 5.69 Å². The number of carboxylic acid groups (broad SMARTS) is 1. The molecule has 1 aromatic heterocycles. The number of hydrogen-bond donors (Lipinski definition) is 1. The van der Waals surface area contributed by atoms with Gasteiger partial charge in [-0.25, -0.2) is 4.68 Å². The zero-order valence-corrected chi connectivity index (χ0v) is 13.2. The van der Waals surface area contributed by atoms with E-state index >= 15 is 0 Å². The van der Waals surface area contributed by atoms with Crippen molar-refractivity contribution in [2.45, 2.75) is 13.3 Å². The van der Waals surface area contributed by atoms with E-state index in [4.69, 9.17) is 5.11 Å². The second-order valence-corrected chi connectivity index (χ2v) is 5.82. The van der Waals surface area contributed by atoms with Crippen molar-refractivity contribution in [2.75, 3.05) is 13.1 Å². The molecule has 7 heteroatoms. The number of aryl methyl sites for hydroxylation is 1. The quantitative estimate of drug-likeness (QED) is 0.911. The van der Waals surface area contributed by atoms with Crippen molar-refractivity contribution >= 4 is 11.9 Å². The number of nitrogens with zero attached hydrogens (tertiary/aromatic N) is 3. The first-order valence-electron chi connectivity index (χ1n) is 7.66. The molecule has 1 atom stereocenters. The molecule has 1 fully saturated rings. The maximum Gasteiger partial charge on any atom is 0.308 e. The Kier molecular flexibility index (Phi) is 4.16. The van der Waals surface area contributed by atoms with Gasteiger partial charge in [0.25, 0.3) is 5.91 Å². The normalized spacial score (nSPS) is 17.0. The molecule has 24 heavy (non-hydrogen) atoms. The SMILES string of the molecule is Cc1cc(=O)c(C(=O)N2CCC(C(=O)O)C2)nn1-c1ccccc1. The molecule has 1 saturated heterocycles. The molecule has 1 N–H and O–H groups in total. The minimum absolute atomic E-state index is 0.106. The smallest absolute Gasteiger partial charge is 0.308 e. The van der Waals surface area contributed by atoms with Crippen LogP contribution in [-0.4, -0.2) is 44.8 Å². The average Bonchev–Trinajstić information content (AvgIpc) is 3.05. The fraction of sp³-hybridized carbons (Fsp3) is 0.294. The Morgan fingerprint density at radius 2 is 1.96 bits per heavy atom. The zero-order chi connectivity index (χ0) is 17.3. The molecule has 0 aliphatic carbocycles. The number of para-hydroxylation sites is 1. The fourth-order valence-corrected chi connectivity index (χ4v) is 2.82. The summed E-state index contributed by atoms with van der Waals surface area (Å²) in [5, 5.41) is 13.3. The molecule has 7 nitrogen and oxygen atoms in total. The minimum atomic E-state index is -0.927. The van der Waals surface area contributed by atoms with Gasteiger partial charge < -0.3 is 10.0 Å². The average molecular weight is 327 g/mol. The van der Waals surface area contributed by atoms with Gasteiger partial charge in [0, 0.05) is 24.8 Å². The van der Waals surface area contributed by atoms with Gasteiger partial charge >= 0.3 is 5.97 Å². The fourth-order valence-electron chi connectivity index (χ4n) is 2.82. The molecule has 2 aromatic rings. The van der Waals surface area contributed by atoms with E-state index in [1.165, 1.54) is 11.0 Å². The number of amides is 1. The van der Waals surface area contributed by atoms with Gasteiger partial charge in [-0.15, -0.1) is 0 Å². The first-order chi connectivity index (χ1) is 11.5. The van der Waals surface area contributed by atoms with Crippen molar-refractivity contribution < 1.29 is 14.7 Å². The summed E-state index contributed by atoms with van der Waals surface area (Å²) in [6, 6.07) is 10.6. The lowest BCUT2D eigenvalue weighted by Gasteiger charge is -2.16. The van der Waals surface area contributed by atoms with Crippen molar-refractivity contribution in [3.63, 3.8) is 0 Å². The van der Waals surface area contributed by atoms with Crippen LogP contribution >= 0.6 is 0 Å². The molecule has 0 spiro atoms. The number of carbonyl (C=O) groups is 2. The zero-order valence-electron chi connectivity index (χ0n) is 13.2. The molecular formula is C17H17N3O4. The Morgan fingerprint density at radius 1 is 1.25 bits per heavy atom. The highest BCUT2D eigenvalue weighted by atomic mass is 16.4. The van der Waals surface area contributed by atoms with Crippen molar-refractivity contribution in [1.29, 1.82) is 0 Å². The van der Waals surface area contributed by atoms with Crippen LogP contribution in [0, 0.1) is 12.8 Å². The molecule has 1 unspecified atom stereocenters. The predicted molar refractivity (Wildman–Crippen MR) is 86.2 cm³/mol. The van der Waals surface area contributed by atoms with Crippen LogP contribution in [0.5, 0.6) is 0 Å². The second kappa shape index (κ2) is 6.27. The van der Waals surface area contributed by atoms with Crippen LogP contribution < -0.4 is 5.43 Å². The molecule has 124 valence electrons. The van der Waals surface area contributed by atoms with Gasteiger partial charge in [-0.2, -0.15) is 5.10 Å². The maximum atomic E-state index is 12.6. The molecule has 1 aliphatic rings. The molecular weight excluding hydrogens is 310 g/mol. The van der Waals surface area contributed by atoms with E-state index < -0.39 is 23.2 Å². The standard InChI is InChI=1S/C17H17N3O4/c1-11-9-14(21)15(18-20(11)13-5-3-2-4-6-13)16(22)19-8-7-12(10-19)17(23)24/h2-6,9,12H,7-8,10H2,1H3,(H,23,24). The molecule has 0 saturated carbocycles. The van der Waals surface area contributed by atoms with E-state index in [0.29, 0.717) is 18.7 Å². The van der Waals surface area contributed by atoms with Crippen molar-refractivity contribution in [1.82, 2.24) is 14.7 Å². The number of rotatable bonds is 3. The van der Waals surface area contributed by atoms with Crippen LogP contribution in [0.4, 0.5) is 0 Å².